The molecule has 5 heteroatoms. The Morgan fingerprint density at radius 2 is 1.77 bits per heavy atom. The molecular weight excluding hydrogens is 172 g/mol. The van der Waals surface area contributed by atoms with Crippen LogP contribution < -0.4 is 11.1 Å². The zero-order valence-electron chi connectivity index (χ0n) is 8.53. The first-order chi connectivity index (χ1) is 6.02. The molecule has 0 rings (SSSR count). The van der Waals surface area contributed by atoms with Crippen molar-refractivity contribution in [3.8, 4) is 0 Å². The Labute approximate surface area is 78.6 Å². The zero-order valence-corrected chi connectivity index (χ0v) is 8.53. The normalized spacial score (nSPS) is 15.5. The van der Waals surface area contributed by atoms with Crippen molar-refractivity contribution in [3.05, 3.63) is 0 Å². The fraction of sp³-hybridized carbons (Fsp3) is 0.875. The lowest BCUT2D eigenvalue weighted by Crippen LogP contribution is -2.48. The number of nitrogens with one attached hydrogen (secondary N) is 1. The summed E-state index contributed by atoms with van der Waals surface area (Å²) < 4.78 is 9.93. The summed E-state index contributed by atoms with van der Waals surface area (Å²) in [7, 11) is 3.03. The molecule has 0 aromatic carbocycles. The minimum absolute atomic E-state index is 0.214. The summed E-state index contributed by atoms with van der Waals surface area (Å²) in [5.41, 5.74) is 5.37. The lowest BCUT2D eigenvalue weighted by atomic mass is 10.2. The molecule has 0 aliphatic heterocycles. The predicted molar refractivity (Wildman–Crippen MR) is 49.1 cm³/mol. The first kappa shape index (κ1) is 12.3. The number of carbonyl (C=O) groups excluding carboxylic acids is 1. The van der Waals surface area contributed by atoms with Gasteiger partial charge in [0.1, 0.15) is 0 Å². The van der Waals surface area contributed by atoms with Gasteiger partial charge < -0.3 is 20.5 Å². The molecule has 0 spiro atoms. The van der Waals surface area contributed by atoms with Crippen molar-refractivity contribution in [2.24, 2.45) is 5.73 Å². The Bertz CT molecular complexity index is 157. The van der Waals surface area contributed by atoms with Crippen molar-refractivity contribution in [2.75, 3.05) is 14.2 Å². The topological polar surface area (TPSA) is 73.6 Å². The molecular formula is C8H18N2O3. The number of carbonyl (C=O) groups is 1. The predicted octanol–water partition coefficient (Wildman–Crippen LogP) is -0.543. The maximum Gasteiger partial charge on any atom is 0.237 e. The Kier molecular flexibility index (Phi) is 5.61. The Balaban J connectivity index is 3.97. The first-order valence-electron chi connectivity index (χ1n) is 4.14. The number of amides is 1. The lowest BCUT2D eigenvalue weighted by molar-refractivity contribution is -0.136. The van der Waals surface area contributed by atoms with Gasteiger partial charge in [-0.1, -0.05) is 0 Å². The van der Waals surface area contributed by atoms with Gasteiger partial charge in [-0.2, -0.15) is 0 Å². The van der Waals surface area contributed by atoms with Crippen LogP contribution in [0.3, 0.4) is 0 Å². The molecule has 0 bridgehead atoms. The summed E-state index contributed by atoms with van der Waals surface area (Å²) in [4.78, 5) is 11.1. The van der Waals surface area contributed by atoms with Crippen LogP contribution in [0.4, 0.5) is 0 Å². The summed E-state index contributed by atoms with van der Waals surface area (Å²) in [5.74, 6) is -0.216. The third-order valence-corrected chi connectivity index (χ3v) is 1.66. The van der Waals surface area contributed by atoms with Crippen LogP contribution in [0.15, 0.2) is 0 Å². The minimum Gasteiger partial charge on any atom is -0.354 e. The smallest absolute Gasteiger partial charge is 0.237 e. The lowest BCUT2D eigenvalue weighted by Gasteiger charge is -2.22. The molecule has 0 saturated heterocycles. The number of nitrogens with two attached hydrogens (primary N) is 1. The highest BCUT2D eigenvalue weighted by Gasteiger charge is 2.19. The van der Waals surface area contributed by atoms with Crippen molar-refractivity contribution in [1.29, 1.82) is 0 Å². The molecule has 2 atom stereocenters. The SMILES string of the molecule is COC(OC)C(C)NC(=O)[C@H](C)N. The van der Waals surface area contributed by atoms with Crippen LogP contribution in [0, 0.1) is 0 Å². The van der Waals surface area contributed by atoms with Gasteiger partial charge in [0.05, 0.1) is 12.1 Å². The van der Waals surface area contributed by atoms with E-state index in [0.717, 1.165) is 0 Å². The molecule has 5 nitrogen and oxygen atoms in total. The van der Waals surface area contributed by atoms with E-state index in [1.165, 1.54) is 14.2 Å². The summed E-state index contributed by atoms with van der Waals surface area (Å²) in [5, 5.41) is 2.67. The van der Waals surface area contributed by atoms with Gasteiger partial charge in [0, 0.05) is 14.2 Å². The van der Waals surface area contributed by atoms with Gasteiger partial charge in [-0.25, -0.2) is 0 Å². The second-order valence-electron chi connectivity index (χ2n) is 2.93. The van der Waals surface area contributed by atoms with Crippen LogP contribution in [0.1, 0.15) is 13.8 Å². The fourth-order valence-corrected chi connectivity index (χ4v) is 0.928. The molecule has 0 aliphatic carbocycles. The maximum atomic E-state index is 11.1. The van der Waals surface area contributed by atoms with Crippen LogP contribution in [0.2, 0.25) is 0 Å². The minimum atomic E-state index is -0.517. The molecule has 3 N–H and O–H groups in total. The van der Waals surface area contributed by atoms with Gasteiger partial charge in [0.2, 0.25) is 5.91 Å². The fourth-order valence-electron chi connectivity index (χ4n) is 0.928. The monoisotopic (exact) mass is 190 g/mol. The Morgan fingerprint density at radius 1 is 1.31 bits per heavy atom. The van der Waals surface area contributed by atoms with Crippen LogP contribution in [-0.2, 0) is 14.3 Å². The van der Waals surface area contributed by atoms with E-state index < -0.39 is 12.3 Å². The van der Waals surface area contributed by atoms with Crippen molar-refractivity contribution in [1.82, 2.24) is 5.32 Å². The highest BCUT2D eigenvalue weighted by atomic mass is 16.7. The van der Waals surface area contributed by atoms with Crippen LogP contribution in [-0.4, -0.2) is 38.5 Å². The van der Waals surface area contributed by atoms with E-state index in [2.05, 4.69) is 5.32 Å². The van der Waals surface area contributed by atoms with E-state index in [4.69, 9.17) is 15.2 Å². The van der Waals surface area contributed by atoms with Gasteiger partial charge in [-0.15, -0.1) is 0 Å². The second-order valence-corrected chi connectivity index (χ2v) is 2.93. The van der Waals surface area contributed by atoms with E-state index in [-0.39, 0.29) is 11.9 Å². The molecule has 0 fully saturated rings. The number of methoxy groups -OCH3 is 2. The molecule has 0 aromatic rings. The Morgan fingerprint density at radius 3 is 2.08 bits per heavy atom. The molecule has 0 aromatic heterocycles. The largest absolute Gasteiger partial charge is 0.354 e. The van der Waals surface area contributed by atoms with Gasteiger partial charge in [0.25, 0.3) is 0 Å². The van der Waals surface area contributed by atoms with Gasteiger partial charge >= 0.3 is 0 Å². The number of hydrogen-bond donors (Lipinski definition) is 2. The molecule has 1 amide bonds. The summed E-state index contributed by atoms with van der Waals surface area (Å²) >= 11 is 0. The van der Waals surface area contributed by atoms with Crippen LogP contribution >= 0.6 is 0 Å². The van der Waals surface area contributed by atoms with E-state index >= 15 is 0 Å². The van der Waals surface area contributed by atoms with Crippen molar-refractivity contribution in [2.45, 2.75) is 32.2 Å². The molecule has 13 heavy (non-hydrogen) atoms. The van der Waals surface area contributed by atoms with E-state index in [9.17, 15) is 4.79 Å². The van der Waals surface area contributed by atoms with E-state index in [1.807, 2.05) is 0 Å². The zero-order chi connectivity index (χ0) is 10.4. The average Bonchev–Trinajstić information content (AvgIpc) is 2.06. The van der Waals surface area contributed by atoms with Crippen molar-refractivity contribution < 1.29 is 14.3 Å². The molecule has 0 radical (unpaired) electrons. The maximum absolute atomic E-state index is 11.1. The molecule has 0 aliphatic rings. The summed E-state index contributed by atoms with van der Waals surface area (Å²) in [6.45, 7) is 3.41. The molecule has 0 heterocycles. The van der Waals surface area contributed by atoms with Gasteiger partial charge in [-0.3, -0.25) is 4.79 Å². The highest BCUT2D eigenvalue weighted by Crippen LogP contribution is 1.98. The van der Waals surface area contributed by atoms with Gasteiger partial charge in [0.15, 0.2) is 6.29 Å². The third kappa shape index (κ3) is 4.21. The molecule has 78 valence electrons. The number of ether oxygens (including phenoxy) is 2. The standard InChI is InChI=1S/C8H18N2O3/c1-5(9)7(11)10-6(2)8(12-3)13-4/h5-6,8H,9H2,1-4H3,(H,10,11)/t5-,6?/m0/s1. The Hall–Kier alpha value is -0.650. The van der Waals surface area contributed by atoms with Crippen molar-refractivity contribution in [3.63, 3.8) is 0 Å². The first-order valence-corrected chi connectivity index (χ1v) is 4.14. The molecule has 1 unspecified atom stereocenters. The third-order valence-electron chi connectivity index (χ3n) is 1.66. The number of hydrogen-bond acceptors (Lipinski definition) is 4. The van der Waals surface area contributed by atoms with E-state index in [0.29, 0.717) is 0 Å². The molecule has 0 saturated carbocycles. The van der Waals surface area contributed by atoms with Crippen LogP contribution in [0.25, 0.3) is 0 Å². The summed E-state index contributed by atoms with van der Waals surface area (Å²) in [6.07, 6.45) is -0.442. The van der Waals surface area contributed by atoms with Crippen molar-refractivity contribution >= 4 is 5.91 Å². The quantitative estimate of drug-likeness (QED) is 0.571. The summed E-state index contributed by atoms with van der Waals surface area (Å²) in [6, 6.07) is -0.731. The second kappa shape index (κ2) is 5.90. The number of rotatable bonds is 5. The van der Waals surface area contributed by atoms with E-state index in [1.54, 1.807) is 13.8 Å². The van der Waals surface area contributed by atoms with Gasteiger partial charge in [-0.05, 0) is 13.8 Å². The highest BCUT2D eigenvalue weighted by molar-refractivity contribution is 5.81. The average molecular weight is 190 g/mol. The van der Waals surface area contributed by atoms with Crippen LogP contribution in [0.5, 0.6) is 0 Å².